The Morgan fingerprint density at radius 2 is 1.89 bits per heavy atom. The number of hydrogen-bond donors (Lipinski definition) is 1. The molecular weight excluding hydrogens is 239 g/mol. The molecule has 106 valence electrons. The summed E-state index contributed by atoms with van der Waals surface area (Å²) in [5.41, 5.74) is 0.783. The molecule has 0 radical (unpaired) electrons. The molecule has 0 saturated carbocycles. The molecule has 2 rings (SSSR count). The van der Waals surface area contributed by atoms with Crippen LogP contribution in [0.5, 0.6) is 0 Å². The van der Waals surface area contributed by atoms with E-state index in [9.17, 15) is 4.39 Å². The van der Waals surface area contributed by atoms with Gasteiger partial charge in [0.05, 0.1) is 0 Å². The van der Waals surface area contributed by atoms with E-state index in [2.05, 4.69) is 24.1 Å². The maximum atomic E-state index is 13.8. The lowest BCUT2D eigenvalue weighted by Gasteiger charge is -2.21. The van der Waals surface area contributed by atoms with Crippen molar-refractivity contribution in [2.75, 3.05) is 26.7 Å². The standard InChI is InChI=1S/C16H25FN2/c1-12-10-19(11-13(12)2)9-8-16(18-3)14-6-4-5-7-15(14)17/h4-7,12-13,16,18H,8-11H2,1-3H3. The summed E-state index contributed by atoms with van der Waals surface area (Å²) < 4.78 is 13.8. The van der Waals surface area contributed by atoms with E-state index in [4.69, 9.17) is 0 Å². The smallest absolute Gasteiger partial charge is 0.127 e. The van der Waals surface area contributed by atoms with Gasteiger partial charge in [-0.05, 0) is 37.9 Å². The predicted octanol–water partition coefficient (Wildman–Crippen LogP) is 3.06. The highest BCUT2D eigenvalue weighted by Crippen LogP contribution is 2.25. The molecule has 1 fully saturated rings. The number of hydrogen-bond acceptors (Lipinski definition) is 2. The molecule has 0 amide bonds. The number of rotatable bonds is 5. The fraction of sp³-hybridized carbons (Fsp3) is 0.625. The molecule has 1 N–H and O–H groups in total. The van der Waals surface area contributed by atoms with E-state index in [0.29, 0.717) is 0 Å². The molecule has 3 atom stereocenters. The van der Waals surface area contributed by atoms with E-state index in [-0.39, 0.29) is 11.9 Å². The SMILES string of the molecule is CNC(CCN1CC(C)C(C)C1)c1ccccc1F. The zero-order valence-corrected chi connectivity index (χ0v) is 12.2. The minimum atomic E-state index is -0.106. The molecule has 2 nitrogen and oxygen atoms in total. The van der Waals surface area contributed by atoms with Crippen LogP contribution in [-0.4, -0.2) is 31.6 Å². The van der Waals surface area contributed by atoms with Gasteiger partial charge in [0, 0.05) is 24.7 Å². The van der Waals surface area contributed by atoms with Gasteiger partial charge in [-0.25, -0.2) is 4.39 Å². The average molecular weight is 264 g/mol. The number of nitrogens with zero attached hydrogens (tertiary/aromatic N) is 1. The van der Waals surface area contributed by atoms with Crippen LogP contribution in [0.25, 0.3) is 0 Å². The third-order valence-electron chi connectivity index (χ3n) is 4.43. The van der Waals surface area contributed by atoms with Crippen LogP contribution >= 0.6 is 0 Å². The second-order valence-corrected chi connectivity index (χ2v) is 5.87. The zero-order valence-electron chi connectivity index (χ0n) is 12.2. The van der Waals surface area contributed by atoms with Crippen molar-refractivity contribution in [1.82, 2.24) is 10.2 Å². The fourth-order valence-corrected chi connectivity index (χ4v) is 2.96. The van der Waals surface area contributed by atoms with Gasteiger partial charge in [-0.3, -0.25) is 0 Å². The molecule has 0 bridgehead atoms. The summed E-state index contributed by atoms with van der Waals surface area (Å²) in [4.78, 5) is 2.50. The normalized spacial score (nSPS) is 25.7. The van der Waals surface area contributed by atoms with Crippen LogP contribution in [0, 0.1) is 17.7 Å². The van der Waals surface area contributed by atoms with Crippen molar-refractivity contribution in [3.8, 4) is 0 Å². The molecule has 0 spiro atoms. The molecule has 3 unspecified atom stereocenters. The topological polar surface area (TPSA) is 15.3 Å². The highest BCUT2D eigenvalue weighted by Gasteiger charge is 2.26. The summed E-state index contributed by atoms with van der Waals surface area (Å²) in [6.07, 6.45) is 0.955. The highest BCUT2D eigenvalue weighted by atomic mass is 19.1. The number of nitrogens with one attached hydrogen (secondary N) is 1. The van der Waals surface area contributed by atoms with E-state index in [1.807, 2.05) is 19.2 Å². The molecule has 1 aromatic carbocycles. The van der Waals surface area contributed by atoms with Crippen LogP contribution in [0.4, 0.5) is 4.39 Å². The second-order valence-electron chi connectivity index (χ2n) is 5.87. The van der Waals surface area contributed by atoms with Crippen molar-refractivity contribution in [2.45, 2.75) is 26.3 Å². The van der Waals surface area contributed by atoms with Crippen LogP contribution < -0.4 is 5.32 Å². The van der Waals surface area contributed by atoms with Gasteiger partial charge in [0.1, 0.15) is 5.82 Å². The molecule has 19 heavy (non-hydrogen) atoms. The molecule has 1 saturated heterocycles. The van der Waals surface area contributed by atoms with Crippen LogP contribution in [0.1, 0.15) is 31.9 Å². The fourth-order valence-electron chi connectivity index (χ4n) is 2.96. The summed E-state index contributed by atoms with van der Waals surface area (Å²) in [6.45, 7) is 8.02. The molecule has 3 heteroatoms. The van der Waals surface area contributed by atoms with E-state index in [1.165, 1.54) is 13.1 Å². The van der Waals surface area contributed by atoms with E-state index >= 15 is 0 Å². The summed E-state index contributed by atoms with van der Waals surface area (Å²) >= 11 is 0. The Morgan fingerprint density at radius 3 is 2.47 bits per heavy atom. The lowest BCUT2D eigenvalue weighted by molar-refractivity contribution is 0.300. The van der Waals surface area contributed by atoms with Crippen LogP contribution in [0.15, 0.2) is 24.3 Å². The average Bonchev–Trinajstić information content (AvgIpc) is 2.71. The maximum absolute atomic E-state index is 13.8. The van der Waals surface area contributed by atoms with Gasteiger partial charge in [0.2, 0.25) is 0 Å². The Hall–Kier alpha value is -0.930. The largest absolute Gasteiger partial charge is 0.313 e. The first kappa shape index (κ1) is 14.5. The second kappa shape index (κ2) is 6.49. The van der Waals surface area contributed by atoms with Gasteiger partial charge in [0.15, 0.2) is 0 Å². The number of benzene rings is 1. The quantitative estimate of drug-likeness (QED) is 0.879. The van der Waals surface area contributed by atoms with Crippen molar-refractivity contribution >= 4 is 0 Å². The van der Waals surface area contributed by atoms with Crippen LogP contribution in [0.3, 0.4) is 0 Å². The predicted molar refractivity (Wildman–Crippen MR) is 77.6 cm³/mol. The minimum Gasteiger partial charge on any atom is -0.313 e. The van der Waals surface area contributed by atoms with Crippen LogP contribution in [0.2, 0.25) is 0 Å². The Morgan fingerprint density at radius 1 is 1.26 bits per heavy atom. The van der Waals surface area contributed by atoms with E-state index in [0.717, 1.165) is 30.4 Å². The van der Waals surface area contributed by atoms with Gasteiger partial charge < -0.3 is 10.2 Å². The van der Waals surface area contributed by atoms with E-state index in [1.54, 1.807) is 12.1 Å². The molecule has 0 aromatic heterocycles. The van der Waals surface area contributed by atoms with Gasteiger partial charge in [-0.2, -0.15) is 0 Å². The van der Waals surface area contributed by atoms with Gasteiger partial charge >= 0.3 is 0 Å². The first-order valence-corrected chi connectivity index (χ1v) is 7.26. The van der Waals surface area contributed by atoms with Crippen LogP contribution in [-0.2, 0) is 0 Å². The van der Waals surface area contributed by atoms with Gasteiger partial charge in [0.25, 0.3) is 0 Å². The Labute approximate surface area is 116 Å². The Bertz CT molecular complexity index is 397. The van der Waals surface area contributed by atoms with Gasteiger partial charge in [-0.1, -0.05) is 32.0 Å². The Kier molecular flexibility index (Phi) is 4.94. The van der Waals surface area contributed by atoms with Crippen molar-refractivity contribution in [3.05, 3.63) is 35.6 Å². The Balaban J connectivity index is 1.92. The lowest BCUT2D eigenvalue weighted by Crippen LogP contribution is -2.27. The molecule has 1 heterocycles. The first-order chi connectivity index (χ1) is 9.11. The molecule has 1 aromatic rings. The van der Waals surface area contributed by atoms with Crippen molar-refractivity contribution in [2.24, 2.45) is 11.8 Å². The third-order valence-corrected chi connectivity index (χ3v) is 4.43. The lowest BCUT2D eigenvalue weighted by atomic mass is 10.0. The molecule has 1 aliphatic rings. The first-order valence-electron chi connectivity index (χ1n) is 7.26. The summed E-state index contributed by atoms with van der Waals surface area (Å²) in [7, 11) is 1.91. The van der Waals surface area contributed by atoms with Crippen molar-refractivity contribution in [3.63, 3.8) is 0 Å². The third kappa shape index (κ3) is 3.54. The zero-order chi connectivity index (χ0) is 13.8. The molecular formula is C16H25FN2. The molecule has 1 aliphatic heterocycles. The van der Waals surface area contributed by atoms with Gasteiger partial charge in [-0.15, -0.1) is 0 Å². The maximum Gasteiger partial charge on any atom is 0.127 e. The minimum absolute atomic E-state index is 0.104. The summed E-state index contributed by atoms with van der Waals surface area (Å²) in [6, 6.07) is 7.18. The van der Waals surface area contributed by atoms with Crippen molar-refractivity contribution in [1.29, 1.82) is 0 Å². The van der Waals surface area contributed by atoms with Crippen molar-refractivity contribution < 1.29 is 4.39 Å². The highest BCUT2D eigenvalue weighted by molar-refractivity contribution is 5.21. The monoisotopic (exact) mass is 264 g/mol. The molecule has 0 aliphatic carbocycles. The summed E-state index contributed by atoms with van der Waals surface area (Å²) in [5.74, 6) is 1.45. The number of halogens is 1. The number of likely N-dealkylation sites (tertiary alicyclic amines) is 1. The van der Waals surface area contributed by atoms with E-state index < -0.39 is 0 Å². The summed E-state index contributed by atoms with van der Waals surface area (Å²) in [5, 5.41) is 3.24.